The minimum atomic E-state index is -2.56. The van der Waals surface area contributed by atoms with E-state index in [1.807, 2.05) is 0 Å². The molecule has 0 saturated carbocycles. The Bertz CT molecular complexity index is 629. The molecule has 20 heavy (non-hydrogen) atoms. The SMILES string of the molecule is CC(=O)Nc1cc(N)c(-c2ccc(C(F)F)cn2)cn1. The predicted octanol–water partition coefficient (Wildman–Crippen LogP) is 2.62. The third kappa shape index (κ3) is 3.05. The Balaban J connectivity index is 2.30. The first-order valence-corrected chi connectivity index (χ1v) is 5.75. The standard InChI is InChI=1S/C13H12F2N4O/c1-7(20)19-12-4-10(16)9(6-18-12)11-3-2-8(5-17-11)13(14)15/h2-6,13H,1H3,(H3,16,18,19,20). The molecule has 2 aromatic heterocycles. The maximum atomic E-state index is 12.4. The van der Waals surface area contributed by atoms with Gasteiger partial charge in [0, 0.05) is 42.2 Å². The van der Waals surface area contributed by atoms with Crippen molar-refractivity contribution in [2.75, 3.05) is 11.1 Å². The number of aromatic nitrogens is 2. The van der Waals surface area contributed by atoms with Crippen LogP contribution < -0.4 is 11.1 Å². The number of nitrogens with zero attached hydrogens (tertiary/aromatic N) is 2. The minimum absolute atomic E-state index is 0.157. The van der Waals surface area contributed by atoms with E-state index >= 15 is 0 Å². The second kappa shape index (κ2) is 5.60. The van der Waals surface area contributed by atoms with Crippen LogP contribution in [0, 0.1) is 0 Å². The van der Waals surface area contributed by atoms with Gasteiger partial charge in [0.2, 0.25) is 5.91 Å². The number of amides is 1. The lowest BCUT2D eigenvalue weighted by molar-refractivity contribution is -0.114. The molecule has 0 bridgehead atoms. The summed E-state index contributed by atoms with van der Waals surface area (Å²) in [6, 6.07) is 4.22. The van der Waals surface area contributed by atoms with Crippen LogP contribution in [-0.2, 0) is 4.79 Å². The van der Waals surface area contributed by atoms with Crippen molar-refractivity contribution in [1.82, 2.24) is 9.97 Å². The number of alkyl halides is 2. The van der Waals surface area contributed by atoms with Crippen molar-refractivity contribution in [1.29, 1.82) is 0 Å². The van der Waals surface area contributed by atoms with Gasteiger partial charge in [0.05, 0.1) is 5.69 Å². The van der Waals surface area contributed by atoms with Gasteiger partial charge in [-0.15, -0.1) is 0 Å². The maximum Gasteiger partial charge on any atom is 0.265 e. The summed E-state index contributed by atoms with van der Waals surface area (Å²) in [7, 11) is 0. The van der Waals surface area contributed by atoms with Crippen LogP contribution in [0.15, 0.2) is 30.6 Å². The molecule has 0 fully saturated rings. The Hall–Kier alpha value is -2.57. The molecule has 5 nitrogen and oxygen atoms in total. The van der Waals surface area contributed by atoms with Crippen LogP contribution in [-0.4, -0.2) is 15.9 Å². The molecule has 2 heterocycles. The average molecular weight is 278 g/mol. The first-order valence-electron chi connectivity index (χ1n) is 5.75. The molecule has 0 atom stereocenters. The number of carbonyl (C=O) groups excluding carboxylic acids is 1. The molecule has 0 saturated heterocycles. The minimum Gasteiger partial charge on any atom is -0.398 e. The van der Waals surface area contributed by atoms with Crippen LogP contribution in [0.2, 0.25) is 0 Å². The second-order valence-corrected chi connectivity index (χ2v) is 4.12. The topological polar surface area (TPSA) is 80.9 Å². The summed E-state index contributed by atoms with van der Waals surface area (Å²) in [6.07, 6.45) is -0.0271. The molecular weight excluding hydrogens is 266 g/mol. The summed E-state index contributed by atoms with van der Waals surface area (Å²) < 4.78 is 24.9. The molecule has 0 spiro atoms. The van der Waals surface area contributed by atoms with Crippen LogP contribution in [0.25, 0.3) is 11.3 Å². The van der Waals surface area contributed by atoms with E-state index in [1.165, 1.54) is 31.3 Å². The van der Waals surface area contributed by atoms with Crippen molar-refractivity contribution >= 4 is 17.4 Å². The zero-order valence-corrected chi connectivity index (χ0v) is 10.6. The van der Waals surface area contributed by atoms with Gasteiger partial charge in [-0.2, -0.15) is 0 Å². The van der Waals surface area contributed by atoms with E-state index < -0.39 is 6.43 Å². The van der Waals surface area contributed by atoms with Crippen LogP contribution in [0.3, 0.4) is 0 Å². The van der Waals surface area contributed by atoms with E-state index in [9.17, 15) is 13.6 Å². The molecule has 2 aromatic rings. The van der Waals surface area contributed by atoms with E-state index in [0.717, 1.165) is 6.20 Å². The number of hydrogen-bond acceptors (Lipinski definition) is 4. The van der Waals surface area contributed by atoms with E-state index in [4.69, 9.17) is 5.73 Å². The van der Waals surface area contributed by atoms with Crippen molar-refractivity contribution in [3.63, 3.8) is 0 Å². The second-order valence-electron chi connectivity index (χ2n) is 4.12. The third-order valence-electron chi connectivity index (χ3n) is 2.55. The molecule has 104 valence electrons. The summed E-state index contributed by atoms with van der Waals surface area (Å²) in [5, 5.41) is 2.50. The van der Waals surface area contributed by atoms with Crippen molar-refractivity contribution in [3.05, 3.63) is 36.2 Å². The Morgan fingerprint density at radius 2 is 2.05 bits per heavy atom. The number of rotatable bonds is 3. The molecular formula is C13H12F2N4O. The fraction of sp³-hybridized carbons (Fsp3) is 0.154. The first-order chi connectivity index (χ1) is 9.47. The van der Waals surface area contributed by atoms with Gasteiger partial charge in [-0.1, -0.05) is 0 Å². The van der Waals surface area contributed by atoms with Gasteiger partial charge in [0.25, 0.3) is 6.43 Å². The summed E-state index contributed by atoms with van der Waals surface area (Å²) in [5.74, 6) is 0.0620. The fourth-order valence-corrected chi connectivity index (χ4v) is 1.63. The Morgan fingerprint density at radius 1 is 1.30 bits per heavy atom. The van der Waals surface area contributed by atoms with Crippen molar-refractivity contribution < 1.29 is 13.6 Å². The van der Waals surface area contributed by atoms with E-state index in [-0.39, 0.29) is 11.5 Å². The number of nitrogens with one attached hydrogen (secondary N) is 1. The summed E-state index contributed by atoms with van der Waals surface area (Å²) >= 11 is 0. The maximum absolute atomic E-state index is 12.4. The van der Waals surface area contributed by atoms with Crippen LogP contribution in [0.5, 0.6) is 0 Å². The number of hydrogen-bond donors (Lipinski definition) is 2. The summed E-state index contributed by atoms with van der Waals surface area (Å²) in [5.41, 5.74) is 6.99. The lowest BCUT2D eigenvalue weighted by Gasteiger charge is -2.08. The highest BCUT2D eigenvalue weighted by Crippen LogP contribution is 2.26. The zero-order valence-electron chi connectivity index (χ0n) is 10.6. The smallest absolute Gasteiger partial charge is 0.265 e. The zero-order chi connectivity index (χ0) is 14.7. The molecule has 0 radical (unpaired) electrons. The van der Waals surface area contributed by atoms with Gasteiger partial charge in [-0.05, 0) is 12.1 Å². The van der Waals surface area contributed by atoms with Gasteiger partial charge in [0.15, 0.2) is 0 Å². The van der Waals surface area contributed by atoms with E-state index in [2.05, 4.69) is 15.3 Å². The Morgan fingerprint density at radius 3 is 2.55 bits per heavy atom. The summed E-state index contributed by atoms with van der Waals surface area (Å²) in [6.45, 7) is 1.36. The van der Waals surface area contributed by atoms with Crippen LogP contribution in [0.1, 0.15) is 18.9 Å². The quantitative estimate of drug-likeness (QED) is 0.904. The number of carbonyl (C=O) groups is 1. The lowest BCUT2D eigenvalue weighted by Crippen LogP contribution is -2.08. The largest absolute Gasteiger partial charge is 0.398 e. The van der Waals surface area contributed by atoms with E-state index in [0.29, 0.717) is 22.8 Å². The highest BCUT2D eigenvalue weighted by molar-refractivity contribution is 5.89. The Labute approximate surface area is 113 Å². The normalized spacial score (nSPS) is 10.6. The molecule has 0 aliphatic rings. The monoisotopic (exact) mass is 278 g/mol. The van der Waals surface area contributed by atoms with Gasteiger partial charge in [0.1, 0.15) is 5.82 Å². The number of halogens is 2. The molecule has 0 aliphatic heterocycles. The third-order valence-corrected chi connectivity index (χ3v) is 2.55. The van der Waals surface area contributed by atoms with Gasteiger partial charge >= 0.3 is 0 Å². The van der Waals surface area contributed by atoms with Gasteiger partial charge in [-0.3, -0.25) is 9.78 Å². The first kappa shape index (κ1) is 13.9. The molecule has 0 aliphatic carbocycles. The molecule has 2 rings (SSSR count). The molecule has 0 unspecified atom stereocenters. The highest BCUT2D eigenvalue weighted by atomic mass is 19.3. The van der Waals surface area contributed by atoms with Crippen molar-refractivity contribution in [3.8, 4) is 11.3 Å². The van der Waals surface area contributed by atoms with Crippen molar-refractivity contribution in [2.24, 2.45) is 0 Å². The fourth-order valence-electron chi connectivity index (χ4n) is 1.63. The van der Waals surface area contributed by atoms with Gasteiger partial charge in [-0.25, -0.2) is 13.8 Å². The molecule has 1 amide bonds. The van der Waals surface area contributed by atoms with E-state index in [1.54, 1.807) is 0 Å². The predicted molar refractivity (Wildman–Crippen MR) is 71.1 cm³/mol. The molecule has 3 N–H and O–H groups in total. The summed E-state index contributed by atoms with van der Waals surface area (Å²) in [4.78, 5) is 18.9. The van der Waals surface area contributed by atoms with Crippen LogP contribution >= 0.6 is 0 Å². The molecule has 7 heteroatoms. The van der Waals surface area contributed by atoms with Gasteiger partial charge < -0.3 is 11.1 Å². The molecule has 0 aromatic carbocycles. The number of nitrogen functional groups attached to an aromatic ring is 1. The number of pyridine rings is 2. The number of nitrogens with two attached hydrogens (primary N) is 1. The van der Waals surface area contributed by atoms with Crippen LogP contribution in [0.4, 0.5) is 20.3 Å². The average Bonchev–Trinajstić information content (AvgIpc) is 2.38. The van der Waals surface area contributed by atoms with Crippen molar-refractivity contribution in [2.45, 2.75) is 13.3 Å². The highest BCUT2D eigenvalue weighted by Gasteiger charge is 2.10. The number of anilines is 2. The lowest BCUT2D eigenvalue weighted by atomic mass is 10.1. The Kier molecular flexibility index (Phi) is 3.88.